The average Bonchev–Trinajstić information content (AvgIpc) is 2.75. The average molecular weight is 390 g/mol. The number of amides is 1. The molecule has 1 aliphatic heterocycles. The summed E-state index contributed by atoms with van der Waals surface area (Å²) in [6.07, 6.45) is 1.49. The summed E-state index contributed by atoms with van der Waals surface area (Å²) in [5, 5.41) is 0.536. The molecule has 4 rings (SSSR count). The zero-order valence-electron chi connectivity index (χ0n) is 17.1. The second-order valence-corrected chi connectivity index (χ2v) is 7.68. The van der Waals surface area contributed by atoms with Crippen LogP contribution in [0.1, 0.15) is 24.1 Å². The molecule has 0 bridgehead atoms. The number of aryl methyl sites for hydroxylation is 1. The summed E-state index contributed by atoms with van der Waals surface area (Å²) in [7, 11) is 0. The lowest BCUT2D eigenvalue weighted by Crippen LogP contribution is -2.51. The first kappa shape index (κ1) is 19.2. The Balaban J connectivity index is 1.49. The highest BCUT2D eigenvalue weighted by Crippen LogP contribution is 2.24. The first-order chi connectivity index (χ1) is 14.0. The maximum Gasteiger partial charge on any atom is 0.261 e. The van der Waals surface area contributed by atoms with Gasteiger partial charge in [-0.2, -0.15) is 0 Å². The number of carbonyl (C=O) groups is 1. The van der Waals surface area contributed by atoms with Crippen LogP contribution in [0.4, 0.5) is 5.69 Å². The minimum atomic E-state index is -0.577. The van der Waals surface area contributed by atoms with Crippen molar-refractivity contribution in [3.63, 3.8) is 0 Å². The molecular weight excluding hydrogens is 364 g/mol. The fraction of sp³-hybridized carbons (Fsp3) is 0.348. The van der Waals surface area contributed by atoms with E-state index in [4.69, 9.17) is 0 Å². The molecule has 2 heterocycles. The second kappa shape index (κ2) is 7.70. The number of nitrogens with zero attached hydrogens (tertiary/aromatic N) is 4. The molecule has 1 saturated heterocycles. The molecule has 1 fully saturated rings. The summed E-state index contributed by atoms with van der Waals surface area (Å²) >= 11 is 0. The van der Waals surface area contributed by atoms with E-state index in [1.807, 2.05) is 17.0 Å². The van der Waals surface area contributed by atoms with Gasteiger partial charge in [0.15, 0.2) is 0 Å². The molecule has 0 spiro atoms. The normalized spacial score (nSPS) is 15.6. The van der Waals surface area contributed by atoms with Crippen molar-refractivity contribution in [1.29, 1.82) is 0 Å². The molecule has 6 heteroatoms. The molecule has 0 saturated carbocycles. The molecule has 0 N–H and O–H groups in total. The Bertz CT molecular complexity index is 1110. The number of hydrogen-bond donors (Lipinski definition) is 0. The van der Waals surface area contributed by atoms with Crippen molar-refractivity contribution in [3.8, 4) is 0 Å². The third-order valence-electron chi connectivity index (χ3n) is 5.97. The van der Waals surface area contributed by atoms with Crippen LogP contribution in [-0.2, 0) is 4.79 Å². The molecule has 0 unspecified atom stereocenters. The van der Waals surface area contributed by atoms with E-state index < -0.39 is 6.04 Å². The number of aromatic nitrogens is 2. The van der Waals surface area contributed by atoms with Gasteiger partial charge in [-0.15, -0.1) is 0 Å². The molecule has 6 nitrogen and oxygen atoms in total. The third-order valence-corrected chi connectivity index (χ3v) is 5.97. The molecule has 1 atom stereocenters. The van der Waals surface area contributed by atoms with Gasteiger partial charge in [0.2, 0.25) is 5.91 Å². The van der Waals surface area contributed by atoms with Crippen molar-refractivity contribution in [2.45, 2.75) is 26.8 Å². The summed E-state index contributed by atoms with van der Waals surface area (Å²) < 4.78 is 1.45. The summed E-state index contributed by atoms with van der Waals surface area (Å²) in [5.41, 5.74) is 4.27. The maximum absolute atomic E-state index is 13.1. The van der Waals surface area contributed by atoms with Gasteiger partial charge in [-0.3, -0.25) is 14.2 Å². The Kier molecular flexibility index (Phi) is 5.09. The Morgan fingerprint density at radius 2 is 1.72 bits per heavy atom. The number of carbonyl (C=O) groups excluding carboxylic acids is 1. The molecule has 3 aromatic rings. The first-order valence-electron chi connectivity index (χ1n) is 10.0. The standard InChI is InChI=1S/C23H26N4O2/c1-16-7-6-10-21(17(16)2)25-11-13-26(14-12-25)22(28)18(3)27-15-24-20-9-5-4-8-19(20)23(27)29/h4-10,15,18H,11-14H2,1-3H3/t18-/m0/s1. The molecule has 29 heavy (non-hydrogen) atoms. The number of benzene rings is 2. The molecule has 1 aromatic heterocycles. The minimum absolute atomic E-state index is 0.0372. The quantitative estimate of drug-likeness (QED) is 0.690. The van der Waals surface area contributed by atoms with Crippen LogP contribution in [0.5, 0.6) is 0 Å². The minimum Gasteiger partial charge on any atom is -0.368 e. The fourth-order valence-electron chi connectivity index (χ4n) is 3.99. The van der Waals surface area contributed by atoms with Crippen molar-refractivity contribution < 1.29 is 4.79 Å². The summed E-state index contributed by atoms with van der Waals surface area (Å²) in [6.45, 7) is 8.90. The van der Waals surface area contributed by atoms with Crippen LogP contribution in [0.3, 0.4) is 0 Å². The van der Waals surface area contributed by atoms with E-state index in [1.165, 1.54) is 27.7 Å². The highest BCUT2D eigenvalue weighted by molar-refractivity contribution is 5.82. The van der Waals surface area contributed by atoms with Crippen LogP contribution in [-0.4, -0.2) is 46.5 Å². The van der Waals surface area contributed by atoms with Crippen molar-refractivity contribution in [2.24, 2.45) is 0 Å². The monoisotopic (exact) mass is 390 g/mol. The first-order valence-corrected chi connectivity index (χ1v) is 10.0. The van der Waals surface area contributed by atoms with E-state index in [0.29, 0.717) is 24.0 Å². The number of rotatable bonds is 3. The zero-order valence-corrected chi connectivity index (χ0v) is 17.1. The molecule has 0 aliphatic carbocycles. The van der Waals surface area contributed by atoms with Gasteiger partial charge in [-0.1, -0.05) is 24.3 Å². The number of piperazine rings is 1. The number of fused-ring (bicyclic) bond motifs is 1. The van der Waals surface area contributed by atoms with Gasteiger partial charge in [-0.25, -0.2) is 4.98 Å². The van der Waals surface area contributed by atoms with Gasteiger partial charge in [-0.05, 0) is 50.1 Å². The van der Waals surface area contributed by atoms with Gasteiger partial charge in [0, 0.05) is 31.9 Å². The van der Waals surface area contributed by atoms with Crippen LogP contribution in [0.2, 0.25) is 0 Å². The Hall–Kier alpha value is -3.15. The molecule has 150 valence electrons. The highest BCUT2D eigenvalue weighted by Gasteiger charge is 2.27. The lowest BCUT2D eigenvalue weighted by atomic mass is 10.1. The fourth-order valence-corrected chi connectivity index (χ4v) is 3.99. The Morgan fingerprint density at radius 3 is 2.48 bits per heavy atom. The van der Waals surface area contributed by atoms with Crippen molar-refractivity contribution >= 4 is 22.5 Å². The van der Waals surface area contributed by atoms with Crippen LogP contribution < -0.4 is 10.5 Å². The molecular formula is C23H26N4O2. The predicted molar refractivity (Wildman–Crippen MR) is 115 cm³/mol. The van der Waals surface area contributed by atoms with Crippen LogP contribution in [0.15, 0.2) is 53.6 Å². The van der Waals surface area contributed by atoms with Crippen LogP contribution in [0.25, 0.3) is 10.9 Å². The zero-order chi connectivity index (χ0) is 20.5. The number of hydrogen-bond acceptors (Lipinski definition) is 4. The summed E-state index contributed by atoms with van der Waals surface area (Å²) in [4.78, 5) is 34.4. The SMILES string of the molecule is Cc1cccc(N2CCN(C(=O)[C@H](C)n3cnc4ccccc4c3=O)CC2)c1C. The van der Waals surface area contributed by atoms with Gasteiger partial charge >= 0.3 is 0 Å². The van der Waals surface area contributed by atoms with Crippen molar-refractivity contribution in [2.75, 3.05) is 31.1 Å². The smallest absolute Gasteiger partial charge is 0.261 e. The lowest BCUT2D eigenvalue weighted by Gasteiger charge is -2.38. The number of anilines is 1. The second-order valence-electron chi connectivity index (χ2n) is 7.68. The van der Waals surface area contributed by atoms with Crippen molar-refractivity contribution in [1.82, 2.24) is 14.5 Å². The van der Waals surface area contributed by atoms with Crippen molar-refractivity contribution in [3.05, 3.63) is 70.3 Å². The van der Waals surface area contributed by atoms with Gasteiger partial charge in [0.05, 0.1) is 17.2 Å². The lowest BCUT2D eigenvalue weighted by molar-refractivity contribution is -0.134. The predicted octanol–water partition coefficient (Wildman–Crippen LogP) is 2.92. The third kappa shape index (κ3) is 3.50. The molecule has 1 aliphatic rings. The van der Waals surface area contributed by atoms with E-state index >= 15 is 0 Å². The Morgan fingerprint density at radius 1 is 1.00 bits per heavy atom. The highest BCUT2D eigenvalue weighted by atomic mass is 16.2. The molecule has 0 radical (unpaired) electrons. The van der Waals surface area contributed by atoms with E-state index in [1.54, 1.807) is 19.1 Å². The van der Waals surface area contributed by atoms with Gasteiger partial charge in [0.1, 0.15) is 6.04 Å². The summed E-state index contributed by atoms with van der Waals surface area (Å²) in [6, 6.07) is 13.0. The van der Waals surface area contributed by atoms with Gasteiger partial charge < -0.3 is 9.80 Å². The topological polar surface area (TPSA) is 58.4 Å². The summed E-state index contributed by atoms with van der Waals surface area (Å²) in [5.74, 6) is -0.0372. The van der Waals surface area contributed by atoms with Crippen LogP contribution in [0, 0.1) is 13.8 Å². The largest absolute Gasteiger partial charge is 0.368 e. The van der Waals surface area contributed by atoms with E-state index in [9.17, 15) is 9.59 Å². The molecule has 1 amide bonds. The van der Waals surface area contributed by atoms with Crippen LogP contribution >= 0.6 is 0 Å². The van der Waals surface area contributed by atoms with Gasteiger partial charge in [0.25, 0.3) is 5.56 Å². The number of para-hydroxylation sites is 1. The molecule has 2 aromatic carbocycles. The van der Waals surface area contributed by atoms with E-state index in [2.05, 4.69) is 41.9 Å². The Labute approximate surface area is 170 Å². The van der Waals surface area contributed by atoms with E-state index in [0.717, 1.165) is 13.1 Å². The maximum atomic E-state index is 13.1. The van der Waals surface area contributed by atoms with E-state index in [-0.39, 0.29) is 11.5 Å².